The predicted octanol–water partition coefficient (Wildman–Crippen LogP) is 1.60. The number of rotatable bonds is 1. The zero-order valence-corrected chi connectivity index (χ0v) is 5.96. The van der Waals surface area contributed by atoms with Gasteiger partial charge in [0.15, 0.2) is 0 Å². The van der Waals surface area contributed by atoms with Crippen molar-refractivity contribution in [1.29, 1.82) is 0 Å². The predicted molar refractivity (Wildman–Crippen MR) is 39.2 cm³/mol. The van der Waals surface area contributed by atoms with Gasteiger partial charge in [0.2, 0.25) is 0 Å². The zero-order valence-electron chi connectivity index (χ0n) is 5.96. The van der Waals surface area contributed by atoms with E-state index < -0.39 is 0 Å². The van der Waals surface area contributed by atoms with E-state index in [1.165, 1.54) is 5.57 Å². The van der Waals surface area contributed by atoms with Crippen LogP contribution in [0.2, 0.25) is 0 Å². The van der Waals surface area contributed by atoms with Crippen molar-refractivity contribution in [2.75, 3.05) is 6.54 Å². The largest absolute Gasteiger partial charge is 0.273 e. The van der Waals surface area contributed by atoms with Crippen LogP contribution >= 0.6 is 0 Å². The minimum absolute atomic E-state index is 0.966. The van der Waals surface area contributed by atoms with Gasteiger partial charge >= 0.3 is 0 Å². The normalized spacial score (nSPS) is 18.0. The lowest BCUT2D eigenvalue weighted by Gasteiger charge is -2.15. The van der Waals surface area contributed by atoms with Gasteiger partial charge in [0.05, 0.1) is 0 Å². The van der Waals surface area contributed by atoms with Crippen LogP contribution < -0.4 is 0 Å². The molecule has 9 heavy (non-hydrogen) atoms. The lowest BCUT2D eigenvalue weighted by atomic mass is 10.2. The van der Waals surface area contributed by atoms with Crippen LogP contribution in [0.1, 0.15) is 20.3 Å². The van der Waals surface area contributed by atoms with E-state index in [-0.39, 0.29) is 0 Å². The second kappa shape index (κ2) is 2.67. The minimum atomic E-state index is 0.966. The number of hydrogen-bond acceptors (Lipinski definition) is 2. The molecule has 1 aliphatic rings. The molecule has 0 aromatic rings. The van der Waals surface area contributed by atoms with E-state index in [1.807, 2.05) is 11.2 Å². The number of allylic oxidation sites excluding steroid dienone is 1. The maximum Gasteiger partial charge on any atom is 0.0380 e. The van der Waals surface area contributed by atoms with Crippen LogP contribution in [0, 0.1) is 0 Å². The molecule has 0 unspecified atom stereocenters. The Labute approximate surface area is 55.9 Å². The van der Waals surface area contributed by atoms with Crippen LogP contribution in [-0.4, -0.2) is 17.8 Å². The van der Waals surface area contributed by atoms with E-state index in [0.717, 1.165) is 13.0 Å². The average molecular weight is 124 g/mol. The first kappa shape index (κ1) is 6.33. The highest BCUT2D eigenvalue weighted by atomic mass is 15.4. The fourth-order valence-electron chi connectivity index (χ4n) is 0.803. The van der Waals surface area contributed by atoms with E-state index >= 15 is 0 Å². The SMILES string of the molecule is CCN1C=C(C)CC=N1. The van der Waals surface area contributed by atoms with Crippen LogP contribution in [0.4, 0.5) is 0 Å². The number of hydrogen-bond donors (Lipinski definition) is 0. The van der Waals surface area contributed by atoms with Crippen molar-refractivity contribution in [3.63, 3.8) is 0 Å². The van der Waals surface area contributed by atoms with E-state index in [1.54, 1.807) is 0 Å². The summed E-state index contributed by atoms with van der Waals surface area (Å²) in [5.74, 6) is 0. The Morgan fingerprint density at radius 2 is 2.56 bits per heavy atom. The molecule has 0 N–H and O–H groups in total. The Bertz CT molecular complexity index is 147. The molecule has 0 spiro atoms. The molecule has 0 amide bonds. The van der Waals surface area contributed by atoms with Gasteiger partial charge in [0.25, 0.3) is 0 Å². The Kier molecular flexibility index (Phi) is 1.88. The molecule has 2 heteroatoms. The summed E-state index contributed by atoms with van der Waals surface area (Å²) >= 11 is 0. The van der Waals surface area contributed by atoms with E-state index in [4.69, 9.17) is 0 Å². The maximum atomic E-state index is 4.13. The van der Waals surface area contributed by atoms with Crippen LogP contribution in [0.5, 0.6) is 0 Å². The monoisotopic (exact) mass is 124 g/mol. The Balaban J connectivity index is 2.55. The Morgan fingerprint density at radius 3 is 3.00 bits per heavy atom. The molecule has 1 rings (SSSR count). The Morgan fingerprint density at radius 1 is 1.78 bits per heavy atom. The fourth-order valence-corrected chi connectivity index (χ4v) is 0.803. The molecular formula is C7H12N2. The highest BCUT2D eigenvalue weighted by Crippen LogP contribution is 2.05. The van der Waals surface area contributed by atoms with Gasteiger partial charge in [-0.2, -0.15) is 5.10 Å². The van der Waals surface area contributed by atoms with E-state index in [9.17, 15) is 0 Å². The van der Waals surface area contributed by atoms with Gasteiger partial charge in [-0.3, -0.25) is 5.01 Å². The third-order valence-corrected chi connectivity index (χ3v) is 1.34. The van der Waals surface area contributed by atoms with Gasteiger partial charge in [0, 0.05) is 25.4 Å². The van der Waals surface area contributed by atoms with Crippen molar-refractivity contribution in [2.24, 2.45) is 5.10 Å². The summed E-state index contributed by atoms with van der Waals surface area (Å²) < 4.78 is 0. The summed E-state index contributed by atoms with van der Waals surface area (Å²) in [4.78, 5) is 0. The first-order valence-corrected chi connectivity index (χ1v) is 3.29. The fraction of sp³-hybridized carbons (Fsp3) is 0.571. The molecule has 0 aromatic carbocycles. The molecule has 50 valence electrons. The number of nitrogens with zero attached hydrogens (tertiary/aromatic N) is 2. The molecule has 2 nitrogen and oxygen atoms in total. The summed E-state index contributed by atoms with van der Waals surface area (Å²) in [6, 6.07) is 0. The molecular weight excluding hydrogens is 112 g/mol. The molecule has 1 heterocycles. The topological polar surface area (TPSA) is 15.6 Å². The summed E-state index contributed by atoms with van der Waals surface area (Å²) in [6.45, 7) is 5.17. The molecule has 0 aromatic heterocycles. The van der Waals surface area contributed by atoms with Crippen molar-refractivity contribution < 1.29 is 0 Å². The minimum Gasteiger partial charge on any atom is -0.273 e. The highest BCUT2D eigenvalue weighted by Gasteiger charge is 1.97. The van der Waals surface area contributed by atoms with Gasteiger partial charge in [-0.05, 0) is 19.4 Å². The highest BCUT2D eigenvalue weighted by molar-refractivity contribution is 5.61. The van der Waals surface area contributed by atoms with Crippen LogP contribution in [0.3, 0.4) is 0 Å². The van der Waals surface area contributed by atoms with Gasteiger partial charge in [-0.1, -0.05) is 0 Å². The third-order valence-electron chi connectivity index (χ3n) is 1.34. The Hall–Kier alpha value is -0.790. The van der Waals surface area contributed by atoms with Gasteiger partial charge in [0.1, 0.15) is 0 Å². The van der Waals surface area contributed by atoms with Crippen LogP contribution in [0.25, 0.3) is 0 Å². The van der Waals surface area contributed by atoms with Crippen LogP contribution in [-0.2, 0) is 0 Å². The summed E-state index contributed by atoms with van der Waals surface area (Å²) in [6.07, 6.45) is 5.04. The quantitative estimate of drug-likeness (QED) is 0.518. The molecule has 0 atom stereocenters. The van der Waals surface area contributed by atoms with Gasteiger partial charge < -0.3 is 0 Å². The third kappa shape index (κ3) is 1.56. The smallest absolute Gasteiger partial charge is 0.0380 e. The van der Waals surface area contributed by atoms with E-state index in [0.29, 0.717) is 0 Å². The van der Waals surface area contributed by atoms with Gasteiger partial charge in [-0.15, -0.1) is 0 Å². The molecule has 1 aliphatic heterocycles. The van der Waals surface area contributed by atoms with Crippen LogP contribution in [0.15, 0.2) is 16.9 Å². The summed E-state index contributed by atoms with van der Waals surface area (Å²) in [5, 5.41) is 6.07. The van der Waals surface area contributed by atoms with Crippen molar-refractivity contribution in [1.82, 2.24) is 5.01 Å². The second-order valence-corrected chi connectivity index (χ2v) is 2.23. The van der Waals surface area contributed by atoms with E-state index in [2.05, 4.69) is 25.1 Å². The van der Waals surface area contributed by atoms with Gasteiger partial charge in [-0.25, -0.2) is 0 Å². The van der Waals surface area contributed by atoms with Crippen molar-refractivity contribution in [2.45, 2.75) is 20.3 Å². The first-order valence-electron chi connectivity index (χ1n) is 3.29. The van der Waals surface area contributed by atoms with Crippen molar-refractivity contribution in [3.8, 4) is 0 Å². The molecule has 0 fully saturated rings. The molecule has 0 saturated heterocycles. The number of hydrazone groups is 1. The molecule has 0 radical (unpaired) electrons. The maximum absolute atomic E-state index is 4.13. The second-order valence-electron chi connectivity index (χ2n) is 2.23. The lowest BCUT2D eigenvalue weighted by Crippen LogP contribution is -2.12. The van der Waals surface area contributed by atoms with Crippen molar-refractivity contribution in [3.05, 3.63) is 11.8 Å². The molecule has 0 aliphatic carbocycles. The zero-order chi connectivity index (χ0) is 6.69. The summed E-state index contributed by atoms with van der Waals surface area (Å²) in [7, 11) is 0. The molecule has 0 saturated carbocycles. The lowest BCUT2D eigenvalue weighted by molar-refractivity contribution is 0.414. The summed E-state index contributed by atoms with van der Waals surface area (Å²) in [5.41, 5.74) is 1.38. The average Bonchev–Trinajstić information content (AvgIpc) is 1.88. The standard InChI is InChI=1S/C7H12N2/c1-3-9-6-7(2)4-5-8-9/h5-6H,3-4H2,1-2H3. The first-order chi connectivity index (χ1) is 4.33. The molecule has 0 bridgehead atoms. The van der Waals surface area contributed by atoms with Crippen molar-refractivity contribution >= 4 is 6.21 Å².